The highest BCUT2D eigenvalue weighted by Crippen LogP contribution is 2.23. The van der Waals surface area contributed by atoms with E-state index in [-0.39, 0.29) is 29.4 Å². The molecule has 3 aromatic rings. The van der Waals surface area contributed by atoms with Gasteiger partial charge in [0.15, 0.2) is 0 Å². The first-order valence-electron chi connectivity index (χ1n) is 15.1. The van der Waals surface area contributed by atoms with E-state index in [4.69, 9.17) is 5.73 Å². The predicted octanol–water partition coefficient (Wildman–Crippen LogP) is 4.72. The Morgan fingerprint density at radius 1 is 0.952 bits per heavy atom. The second kappa shape index (κ2) is 16.6. The summed E-state index contributed by atoms with van der Waals surface area (Å²) in [5, 5.41) is 19.0. The molecule has 0 fully saturated rings. The summed E-state index contributed by atoms with van der Waals surface area (Å²) in [5.74, 6) is 0.0481. The Hall–Kier alpha value is -2.98. The second-order valence-electron chi connectivity index (χ2n) is 11.4. The van der Waals surface area contributed by atoms with Crippen molar-refractivity contribution < 1.29 is 18.3 Å². The van der Waals surface area contributed by atoms with Crippen molar-refractivity contribution in [3.63, 3.8) is 0 Å². The van der Waals surface area contributed by atoms with E-state index in [2.05, 4.69) is 47.9 Å². The van der Waals surface area contributed by atoms with Gasteiger partial charge in [0.05, 0.1) is 17.5 Å². The van der Waals surface area contributed by atoms with E-state index in [1.54, 1.807) is 12.1 Å². The van der Waals surface area contributed by atoms with Gasteiger partial charge in [-0.15, -0.1) is 0 Å². The minimum absolute atomic E-state index is 0.0367. The minimum atomic E-state index is -3.81. The molecular weight excluding hydrogens is 548 g/mol. The van der Waals surface area contributed by atoms with E-state index in [0.717, 1.165) is 30.3 Å². The molecule has 0 bridgehead atoms. The van der Waals surface area contributed by atoms with Crippen LogP contribution in [0.1, 0.15) is 58.4 Å². The zero-order chi connectivity index (χ0) is 30.5. The Morgan fingerprint density at radius 3 is 2.33 bits per heavy atom. The molecule has 0 radical (unpaired) electrons. The third-order valence-corrected chi connectivity index (χ3v) is 9.34. The maximum atomic E-state index is 13.5. The fourth-order valence-electron chi connectivity index (χ4n) is 5.06. The molecule has 0 aliphatic heterocycles. The molecule has 1 amide bonds. The minimum Gasteiger partial charge on any atom is -0.399 e. The van der Waals surface area contributed by atoms with Gasteiger partial charge in [0, 0.05) is 24.8 Å². The summed E-state index contributed by atoms with van der Waals surface area (Å²) in [5.41, 5.74) is 7.35. The number of nitrogen functional groups attached to an aromatic ring is 1. The summed E-state index contributed by atoms with van der Waals surface area (Å²) in [6, 6.07) is 19.8. The van der Waals surface area contributed by atoms with Gasteiger partial charge in [0.2, 0.25) is 15.9 Å². The Balaban J connectivity index is 1.57. The number of rotatable bonds is 18. The number of nitrogens with two attached hydrogens (primary N) is 1. The quantitative estimate of drug-likeness (QED) is 0.124. The monoisotopic (exact) mass is 596 g/mol. The van der Waals surface area contributed by atoms with Crippen LogP contribution in [-0.4, -0.2) is 62.1 Å². The molecule has 5 N–H and O–H groups in total. The largest absolute Gasteiger partial charge is 0.399 e. The van der Waals surface area contributed by atoms with Crippen molar-refractivity contribution in [3.05, 3.63) is 72.3 Å². The molecule has 0 aliphatic carbocycles. The SMILES string of the molecule is CCCCN[C@@H](Cc1ccc2ccccc2c1)C(=O)NCCCC[C@@H](CO)N(CC(C)C)S(=O)(=O)c1ccc(N)cc1. The van der Waals surface area contributed by atoms with Gasteiger partial charge in [-0.05, 0) is 78.7 Å². The van der Waals surface area contributed by atoms with Crippen LogP contribution in [0, 0.1) is 5.92 Å². The number of nitrogens with one attached hydrogen (secondary N) is 2. The number of fused-ring (bicyclic) bond motifs is 1. The van der Waals surface area contributed by atoms with Gasteiger partial charge < -0.3 is 21.5 Å². The van der Waals surface area contributed by atoms with Gasteiger partial charge in [0.25, 0.3) is 0 Å². The number of nitrogens with zero attached hydrogens (tertiary/aromatic N) is 1. The van der Waals surface area contributed by atoms with Crippen LogP contribution in [0.15, 0.2) is 71.6 Å². The van der Waals surface area contributed by atoms with Crippen molar-refractivity contribution >= 4 is 32.4 Å². The van der Waals surface area contributed by atoms with Gasteiger partial charge in [-0.1, -0.05) is 76.1 Å². The summed E-state index contributed by atoms with van der Waals surface area (Å²) < 4.78 is 28.4. The van der Waals surface area contributed by atoms with Crippen LogP contribution < -0.4 is 16.4 Å². The number of carbonyl (C=O) groups excluding carboxylic acids is 1. The van der Waals surface area contributed by atoms with E-state index in [1.807, 2.05) is 26.0 Å². The molecule has 0 heterocycles. The Kier molecular flexibility index (Phi) is 13.3. The van der Waals surface area contributed by atoms with Crippen molar-refractivity contribution in [1.82, 2.24) is 14.9 Å². The third-order valence-electron chi connectivity index (χ3n) is 7.40. The molecule has 0 saturated carbocycles. The highest BCUT2D eigenvalue weighted by atomic mass is 32.2. The van der Waals surface area contributed by atoms with Crippen molar-refractivity contribution in [3.8, 4) is 0 Å². The Labute approximate surface area is 251 Å². The highest BCUT2D eigenvalue weighted by molar-refractivity contribution is 7.89. The molecule has 8 nitrogen and oxygen atoms in total. The summed E-state index contributed by atoms with van der Waals surface area (Å²) in [4.78, 5) is 13.4. The zero-order valence-corrected chi connectivity index (χ0v) is 26.1. The van der Waals surface area contributed by atoms with E-state index in [9.17, 15) is 18.3 Å². The number of aliphatic hydroxyl groups excluding tert-OH is 1. The van der Waals surface area contributed by atoms with Gasteiger partial charge in [-0.25, -0.2) is 8.42 Å². The molecular formula is C33H48N4O4S. The summed E-state index contributed by atoms with van der Waals surface area (Å²) >= 11 is 0. The first-order valence-corrected chi connectivity index (χ1v) is 16.6. The second-order valence-corrected chi connectivity index (χ2v) is 13.3. The van der Waals surface area contributed by atoms with Crippen LogP contribution in [0.25, 0.3) is 10.8 Å². The molecule has 0 saturated heterocycles. The maximum absolute atomic E-state index is 13.5. The average molecular weight is 597 g/mol. The molecule has 2 atom stereocenters. The van der Waals surface area contributed by atoms with Crippen LogP contribution in [0.4, 0.5) is 5.69 Å². The summed E-state index contributed by atoms with van der Waals surface area (Å²) in [6.07, 6.45) is 4.47. The van der Waals surface area contributed by atoms with Crippen LogP contribution in [0.5, 0.6) is 0 Å². The molecule has 0 aliphatic rings. The first kappa shape index (κ1) is 33.5. The topological polar surface area (TPSA) is 125 Å². The number of aliphatic hydroxyl groups is 1. The number of anilines is 1. The zero-order valence-electron chi connectivity index (χ0n) is 25.3. The predicted molar refractivity (Wildman–Crippen MR) is 172 cm³/mol. The van der Waals surface area contributed by atoms with Gasteiger partial charge in [-0.2, -0.15) is 4.31 Å². The van der Waals surface area contributed by atoms with Crippen LogP contribution >= 0.6 is 0 Å². The van der Waals surface area contributed by atoms with Crippen molar-refractivity contribution in [2.75, 3.05) is 32.0 Å². The first-order chi connectivity index (χ1) is 20.1. The van der Waals surface area contributed by atoms with E-state index in [0.29, 0.717) is 44.5 Å². The van der Waals surface area contributed by atoms with Gasteiger partial charge in [0.1, 0.15) is 0 Å². The van der Waals surface area contributed by atoms with E-state index in [1.165, 1.54) is 21.8 Å². The molecule has 3 aromatic carbocycles. The van der Waals surface area contributed by atoms with Crippen molar-refractivity contribution in [2.24, 2.45) is 5.92 Å². The highest BCUT2D eigenvalue weighted by Gasteiger charge is 2.31. The van der Waals surface area contributed by atoms with Crippen molar-refractivity contribution in [2.45, 2.75) is 76.3 Å². The van der Waals surface area contributed by atoms with E-state index >= 15 is 0 Å². The van der Waals surface area contributed by atoms with Crippen LogP contribution in [0.3, 0.4) is 0 Å². The Bertz CT molecular complexity index is 1360. The maximum Gasteiger partial charge on any atom is 0.243 e. The average Bonchev–Trinajstić information content (AvgIpc) is 2.97. The molecule has 0 spiro atoms. The molecule has 230 valence electrons. The fraction of sp³-hybridized carbons (Fsp3) is 0.485. The van der Waals surface area contributed by atoms with Crippen molar-refractivity contribution in [1.29, 1.82) is 0 Å². The molecule has 42 heavy (non-hydrogen) atoms. The summed E-state index contributed by atoms with van der Waals surface area (Å²) in [7, 11) is -3.81. The standard InChI is InChI=1S/C33H48N4O4S/c1-4-5-19-35-32(22-26-13-14-27-10-6-7-11-28(27)21-26)33(39)36-20-9-8-12-30(24-38)37(23-25(2)3)42(40,41)31-17-15-29(34)16-18-31/h6-7,10-11,13-18,21,25,30,32,35,38H,4-5,8-9,12,19-20,22-24,34H2,1-3H3,(H,36,39)/t30-,32-/m0/s1. The molecule has 9 heteroatoms. The van der Waals surface area contributed by atoms with Crippen LogP contribution in [0.2, 0.25) is 0 Å². The number of benzene rings is 3. The molecule has 0 unspecified atom stereocenters. The number of sulfonamides is 1. The lowest BCUT2D eigenvalue weighted by Crippen LogP contribution is -2.46. The van der Waals surface area contributed by atoms with Gasteiger partial charge >= 0.3 is 0 Å². The lowest BCUT2D eigenvalue weighted by Gasteiger charge is -2.31. The third kappa shape index (κ3) is 9.80. The van der Waals surface area contributed by atoms with Crippen LogP contribution in [-0.2, 0) is 21.2 Å². The van der Waals surface area contributed by atoms with Gasteiger partial charge in [-0.3, -0.25) is 4.79 Å². The molecule has 0 aromatic heterocycles. The normalized spacial score (nSPS) is 13.5. The number of hydrogen-bond donors (Lipinski definition) is 4. The lowest BCUT2D eigenvalue weighted by molar-refractivity contribution is -0.123. The number of unbranched alkanes of at least 4 members (excludes halogenated alkanes) is 2. The summed E-state index contributed by atoms with van der Waals surface area (Å²) in [6.45, 7) is 7.32. The number of hydrogen-bond acceptors (Lipinski definition) is 6. The Morgan fingerprint density at radius 2 is 1.67 bits per heavy atom. The lowest BCUT2D eigenvalue weighted by atomic mass is 10.0. The number of carbonyl (C=O) groups is 1. The van der Waals surface area contributed by atoms with E-state index < -0.39 is 16.1 Å². The smallest absolute Gasteiger partial charge is 0.243 e. The fourth-order valence-corrected chi connectivity index (χ4v) is 6.87. The molecule has 3 rings (SSSR count). The number of amides is 1.